The highest BCUT2D eigenvalue weighted by molar-refractivity contribution is 5.94. The molecule has 0 atom stereocenters. The zero-order chi connectivity index (χ0) is 18.9. The van der Waals surface area contributed by atoms with Crippen LogP contribution in [0.2, 0.25) is 0 Å². The number of aliphatic imine (C=N–C) groups is 1. The fourth-order valence-corrected chi connectivity index (χ4v) is 3.33. The van der Waals surface area contributed by atoms with Crippen LogP contribution >= 0.6 is 0 Å². The molecule has 3 N–H and O–H groups in total. The molecule has 0 radical (unpaired) electrons. The van der Waals surface area contributed by atoms with Gasteiger partial charge in [-0.1, -0.05) is 31.4 Å². The van der Waals surface area contributed by atoms with Crippen LogP contribution in [0.3, 0.4) is 0 Å². The van der Waals surface area contributed by atoms with Crippen LogP contribution in [0.1, 0.15) is 53.8 Å². The first-order valence-electron chi connectivity index (χ1n) is 9.61. The maximum atomic E-state index is 12.3. The minimum Gasteiger partial charge on any atom is -0.467 e. The zero-order valence-electron chi connectivity index (χ0n) is 15.8. The molecule has 1 aromatic carbocycles. The van der Waals surface area contributed by atoms with Crippen molar-refractivity contribution >= 4 is 11.9 Å². The predicted molar refractivity (Wildman–Crippen MR) is 107 cm³/mol. The predicted octanol–water partition coefficient (Wildman–Crippen LogP) is 3.21. The molecule has 0 saturated heterocycles. The van der Waals surface area contributed by atoms with E-state index in [1.165, 1.54) is 32.1 Å². The number of nitrogens with one attached hydrogen (secondary N) is 3. The number of hydrogen-bond donors (Lipinski definition) is 3. The van der Waals surface area contributed by atoms with E-state index in [9.17, 15) is 4.79 Å². The van der Waals surface area contributed by atoms with Crippen LogP contribution in [0.15, 0.2) is 52.1 Å². The summed E-state index contributed by atoms with van der Waals surface area (Å²) < 4.78 is 5.24. The molecule has 1 aliphatic carbocycles. The van der Waals surface area contributed by atoms with Gasteiger partial charge in [0, 0.05) is 25.2 Å². The van der Waals surface area contributed by atoms with E-state index < -0.39 is 0 Å². The van der Waals surface area contributed by atoms with Gasteiger partial charge in [0.05, 0.1) is 12.8 Å². The van der Waals surface area contributed by atoms with E-state index in [1.807, 2.05) is 36.4 Å². The molecule has 2 aromatic rings. The van der Waals surface area contributed by atoms with Crippen LogP contribution < -0.4 is 16.0 Å². The molecule has 6 heteroatoms. The summed E-state index contributed by atoms with van der Waals surface area (Å²) in [6.07, 6.45) is 7.90. The number of furan rings is 1. The van der Waals surface area contributed by atoms with Crippen molar-refractivity contribution in [2.45, 2.75) is 51.2 Å². The van der Waals surface area contributed by atoms with Crippen LogP contribution in [0, 0.1) is 0 Å². The summed E-state index contributed by atoms with van der Waals surface area (Å²) in [5.74, 6) is 1.44. The monoisotopic (exact) mass is 368 g/mol. The molecule has 1 saturated carbocycles. The van der Waals surface area contributed by atoms with Gasteiger partial charge in [0.25, 0.3) is 5.91 Å². The Labute approximate surface area is 160 Å². The average Bonchev–Trinajstić information content (AvgIpc) is 3.24. The Kier molecular flexibility index (Phi) is 6.90. The molecular weight excluding hydrogens is 340 g/mol. The van der Waals surface area contributed by atoms with Crippen molar-refractivity contribution in [3.8, 4) is 0 Å². The highest BCUT2D eigenvalue weighted by atomic mass is 16.3. The number of nitrogens with zero attached hydrogens (tertiary/aromatic N) is 1. The van der Waals surface area contributed by atoms with Gasteiger partial charge in [0.2, 0.25) is 0 Å². The Bertz CT molecular complexity index is 749. The summed E-state index contributed by atoms with van der Waals surface area (Å²) in [6.45, 7) is 0.998. The van der Waals surface area contributed by atoms with Gasteiger partial charge in [0.1, 0.15) is 5.76 Å². The molecule has 0 spiro atoms. The lowest BCUT2D eigenvalue weighted by Crippen LogP contribution is -2.43. The number of benzene rings is 1. The fourth-order valence-electron chi connectivity index (χ4n) is 3.33. The molecule has 1 fully saturated rings. The molecule has 27 heavy (non-hydrogen) atoms. The quantitative estimate of drug-likeness (QED) is 0.540. The lowest BCUT2D eigenvalue weighted by molar-refractivity contribution is 0.0948. The van der Waals surface area contributed by atoms with Gasteiger partial charge in [-0.15, -0.1) is 0 Å². The van der Waals surface area contributed by atoms with Crippen LogP contribution in [0.25, 0.3) is 0 Å². The first-order chi connectivity index (χ1) is 13.2. The van der Waals surface area contributed by atoms with Crippen molar-refractivity contribution in [3.63, 3.8) is 0 Å². The fraction of sp³-hybridized carbons (Fsp3) is 0.429. The van der Waals surface area contributed by atoms with E-state index in [2.05, 4.69) is 20.9 Å². The molecule has 0 bridgehead atoms. The van der Waals surface area contributed by atoms with Crippen molar-refractivity contribution in [1.82, 2.24) is 16.0 Å². The number of carbonyl (C=O) groups is 1. The summed E-state index contributed by atoms with van der Waals surface area (Å²) >= 11 is 0. The first-order valence-corrected chi connectivity index (χ1v) is 9.61. The minimum absolute atomic E-state index is 0.113. The van der Waals surface area contributed by atoms with E-state index in [4.69, 9.17) is 4.42 Å². The molecule has 1 aromatic heterocycles. The highest BCUT2D eigenvalue weighted by Gasteiger charge is 2.14. The van der Waals surface area contributed by atoms with Gasteiger partial charge in [-0.2, -0.15) is 0 Å². The topological polar surface area (TPSA) is 78.7 Å². The Morgan fingerprint density at radius 1 is 1.11 bits per heavy atom. The molecule has 1 amide bonds. The SMILES string of the molecule is CN=C(NCc1cccc(C(=O)NCc2ccco2)c1)NC1CCCCC1. The Balaban J connectivity index is 1.51. The highest BCUT2D eigenvalue weighted by Crippen LogP contribution is 2.17. The number of guanidine groups is 1. The molecule has 1 aliphatic rings. The van der Waals surface area contributed by atoms with Crippen molar-refractivity contribution in [2.24, 2.45) is 4.99 Å². The number of carbonyl (C=O) groups excluding carboxylic acids is 1. The Hall–Kier alpha value is -2.76. The maximum absolute atomic E-state index is 12.3. The summed E-state index contributed by atoms with van der Waals surface area (Å²) in [6, 6.07) is 11.8. The molecule has 0 unspecified atom stereocenters. The van der Waals surface area contributed by atoms with Gasteiger partial charge < -0.3 is 20.4 Å². The zero-order valence-corrected chi connectivity index (χ0v) is 15.8. The van der Waals surface area contributed by atoms with Gasteiger partial charge >= 0.3 is 0 Å². The molecular formula is C21H28N4O2. The third-order valence-electron chi connectivity index (χ3n) is 4.82. The van der Waals surface area contributed by atoms with Gasteiger partial charge in [0.15, 0.2) is 5.96 Å². The summed E-state index contributed by atoms with van der Waals surface area (Å²) in [4.78, 5) is 16.7. The van der Waals surface area contributed by atoms with E-state index in [0.29, 0.717) is 24.7 Å². The summed E-state index contributed by atoms with van der Waals surface area (Å²) in [5, 5.41) is 9.71. The second kappa shape index (κ2) is 9.80. The second-order valence-electron chi connectivity index (χ2n) is 6.87. The molecule has 6 nitrogen and oxygen atoms in total. The van der Waals surface area contributed by atoms with Gasteiger partial charge in [-0.3, -0.25) is 9.79 Å². The van der Waals surface area contributed by atoms with E-state index in [-0.39, 0.29) is 5.91 Å². The average molecular weight is 368 g/mol. The number of hydrogen-bond acceptors (Lipinski definition) is 3. The van der Waals surface area contributed by atoms with Gasteiger partial charge in [-0.25, -0.2) is 0 Å². The lowest BCUT2D eigenvalue weighted by atomic mass is 9.96. The second-order valence-corrected chi connectivity index (χ2v) is 6.87. The van der Waals surface area contributed by atoms with Crippen LogP contribution in [0.5, 0.6) is 0 Å². The molecule has 3 rings (SSSR count). The van der Waals surface area contributed by atoms with Crippen molar-refractivity contribution < 1.29 is 9.21 Å². The summed E-state index contributed by atoms with van der Waals surface area (Å²) in [7, 11) is 1.79. The van der Waals surface area contributed by atoms with Crippen LogP contribution in [0.4, 0.5) is 0 Å². The van der Waals surface area contributed by atoms with Crippen molar-refractivity contribution in [3.05, 3.63) is 59.5 Å². The van der Waals surface area contributed by atoms with Gasteiger partial charge in [-0.05, 0) is 42.7 Å². The first kappa shape index (κ1) is 19.0. The molecule has 1 heterocycles. The Morgan fingerprint density at radius 3 is 2.70 bits per heavy atom. The summed E-state index contributed by atoms with van der Waals surface area (Å²) in [5.41, 5.74) is 1.67. The van der Waals surface area contributed by atoms with E-state index in [1.54, 1.807) is 13.3 Å². The molecule has 144 valence electrons. The smallest absolute Gasteiger partial charge is 0.251 e. The van der Waals surface area contributed by atoms with Crippen molar-refractivity contribution in [1.29, 1.82) is 0 Å². The van der Waals surface area contributed by atoms with E-state index in [0.717, 1.165) is 17.3 Å². The largest absolute Gasteiger partial charge is 0.467 e. The lowest BCUT2D eigenvalue weighted by Gasteiger charge is -2.24. The molecule has 0 aliphatic heterocycles. The van der Waals surface area contributed by atoms with E-state index >= 15 is 0 Å². The normalized spacial score (nSPS) is 15.4. The number of rotatable bonds is 6. The third-order valence-corrected chi connectivity index (χ3v) is 4.82. The number of amides is 1. The standard InChI is InChI=1S/C21H28N4O2/c1-22-21(25-18-9-3-2-4-10-18)24-14-16-7-5-8-17(13-16)20(26)23-15-19-11-6-12-27-19/h5-8,11-13,18H,2-4,9-10,14-15H2,1H3,(H,23,26)(H2,22,24,25). The van der Waals surface area contributed by atoms with Crippen molar-refractivity contribution in [2.75, 3.05) is 7.05 Å². The Morgan fingerprint density at radius 2 is 1.96 bits per heavy atom. The maximum Gasteiger partial charge on any atom is 0.251 e. The van der Waals surface area contributed by atoms with Crippen LogP contribution in [-0.4, -0.2) is 25.0 Å². The van der Waals surface area contributed by atoms with Crippen LogP contribution in [-0.2, 0) is 13.1 Å². The minimum atomic E-state index is -0.113. The third kappa shape index (κ3) is 5.88.